The lowest BCUT2D eigenvalue weighted by Gasteiger charge is -2.30. The zero-order valence-electron chi connectivity index (χ0n) is 16.5. The van der Waals surface area contributed by atoms with Crippen LogP contribution in [-0.2, 0) is 14.8 Å². The molecule has 0 aromatic heterocycles. The monoisotopic (exact) mass is 436 g/mol. The van der Waals surface area contributed by atoms with E-state index in [4.69, 9.17) is 16.3 Å². The van der Waals surface area contributed by atoms with Gasteiger partial charge in [-0.1, -0.05) is 29.8 Å². The lowest BCUT2D eigenvalue weighted by Crippen LogP contribution is -2.41. The predicted octanol–water partition coefficient (Wildman–Crippen LogP) is 4.17. The van der Waals surface area contributed by atoms with Crippen molar-refractivity contribution in [2.45, 2.75) is 37.7 Å². The van der Waals surface area contributed by atoms with Crippen LogP contribution in [0.4, 0.5) is 5.69 Å². The Labute approximate surface area is 176 Å². The molecule has 1 amide bonds. The molecule has 0 spiro atoms. The van der Waals surface area contributed by atoms with Crippen LogP contribution in [0, 0.1) is 5.92 Å². The first-order valence-corrected chi connectivity index (χ1v) is 11.4. The Balaban J connectivity index is 1.58. The number of benzene rings is 2. The summed E-state index contributed by atoms with van der Waals surface area (Å²) in [5, 5.41) is 3.30. The number of rotatable bonds is 6. The molecular formula is C21H25ClN2O4S. The number of sulfonamides is 1. The van der Waals surface area contributed by atoms with Crippen molar-refractivity contribution >= 4 is 33.2 Å². The average molecular weight is 437 g/mol. The molecule has 2 aromatic carbocycles. The van der Waals surface area contributed by atoms with Gasteiger partial charge in [0.1, 0.15) is 5.75 Å². The SMILES string of the molecule is CC(C)Oc1ccc(NC(=O)C2CCN(S(=O)(=O)c3ccccc3)CC2)cc1Cl. The van der Waals surface area contributed by atoms with Crippen LogP contribution in [0.1, 0.15) is 26.7 Å². The second-order valence-electron chi connectivity index (χ2n) is 7.29. The maximum Gasteiger partial charge on any atom is 0.243 e. The summed E-state index contributed by atoms with van der Waals surface area (Å²) >= 11 is 6.22. The van der Waals surface area contributed by atoms with Gasteiger partial charge in [-0.05, 0) is 57.0 Å². The van der Waals surface area contributed by atoms with Gasteiger partial charge in [0.15, 0.2) is 0 Å². The van der Waals surface area contributed by atoms with E-state index in [1.807, 2.05) is 13.8 Å². The Morgan fingerprint density at radius 2 is 1.79 bits per heavy atom. The predicted molar refractivity (Wildman–Crippen MR) is 114 cm³/mol. The third kappa shape index (κ3) is 5.29. The van der Waals surface area contributed by atoms with Crippen molar-refractivity contribution in [1.29, 1.82) is 0 Å². The highest BCUT2D eigenvalue weighted by Crippen LogP contribution is 2.30. The van der Waals surface area contributed by atoms with Gasteiger partial charge in [0, 0.05) is 24.7 Å². The maximum atomic E-state index is 12.7. The molecule has 3 rings (SSSR count). The molecule has 6 nitrogen and oxygen atoms in total. The van der Waals surface area contributed by atoms with E-state index in [9.17, 15) is 13.2 Å². The number of piperidine rings is 1. The summed E-state index contributed by atoms with van der Waals surface area (Å²) in [6, 6.07) is 13.5. The molecule has 0 atom stereocenters. The summed E-state index contributed by atoms with van der Waals surface area (Å²) in [5.41, 5.74) is 0.593. The molecule has 1 aliphatic heterocycles. The average Bonchev–Trinajstić information content (AvgIpc) is 2.70. The molecule has 1 heterocycles. The molecular weight excluding hydrogens is 412 g/mol. The van der Waals surface area contributed by atoms with Crippen LogP contribution in [0.5, 0.6) is 5.75 Å². The van der Waals surface area contributed by atoms with Crippen LogP contribution >= 0.6 is 11.6 Å². The van der Waals surface area contributed by atoms with Gasteiger partial charge in [-0.25, -0.2) is 8.42 Å². The molecule has 1 aliphatic rings. The van der Waals surface area contributed by atoms with Gasteiger partial charge in [-0.3, -0.25) is 4.79 Å². The second-order valence-corrected chi connectivity index (χ2v) is 9.64. The van der Waals surface area contributed by atoms with Gasteiger partial charge < -0.3 is 10.1 Å². The van der Waals surface area contributed by atoms with Crippen LogP contribution in [0.15, 0.2) is 53.4 Å². The fraction of sp³-hybridized carbons (Fsp3) is 0.381. The number of carbonyl (C=O) groups excluding carboxylic acids is 1. The summed E-state index contributed by atoms with van der Waals surface area (Å²) in [4.78, 5) is 12.9. The van der Waals surface area contributed by atoms with Crippen molar-refractivity contribution < 1.29 is 17.9 Å². The van der Waals surface area contributed by atoms with Gasteiger partial charge in [0.05, 0.1) is 16.0 Å². The van der Waals surface area contributed by atoms with E-state index in [1.54, 1.807) is 48.5 Å². The lowest BCUT2D eigenvalue weighted by molar-refractivity contribution is -0.120. The van der Waals surface area contributed by atoms with Crippen molar-refractivity contribution in [3.8, 4) is 5.75 Å². The van der Waals surface area contributed by atoms with Crippen LogP contribution in [-0.4, -0.2) is 37.8 Å². The molecule has 2 aromatic rings. The topological polar surface area (TPSA) is 75.7 Å². The van der Waals surface area contributed by atoms with Gasteiger partial charge in [-0.15, -0.1) is 0 Å². The molecule has 0 radical (unpaired) electrons. The van der Waals surface area contributed by atoms with Crippen LogP contribution in [0.3, 0.4) is 0 Å². The van der Waals surface area contributed by atoms with E-state index >= 15 is 0 Å². The highest BCUT2D eigenvalue weighted by Gasteiger charge is 2.32. The summed E-state index contributed by atoms with van der Waals surface area (Å²) in [5.74, 6) is 0.192. The van der Waals surface area contributed by atoms with E-state index in [1.165, 1.54) is 4.31 Å². The number of amides is 1. The van der Waals surface area contributed by atoms with Crippen LogP contribution in [0.2, 0.25) is 5.02 Å². The summed E-state index contributed by atoms with van der Waals surface area (Å²) < 4.78 is 32.4. The van der Waals surface area contributed by atoms with E-state index in [0.717, 1.165) is 0 Å². The molecule has 29 heavy (non-hydrogen) atoms. The van der Waals surface area contributed by atoms with E-state index < -0.39 is 10.0 Å². The van der Waals surface area contributed by atoms with E-state index in [0.29, 0.717) is 42.4 Å². The largest absolute Gasteiger partial charge is 0.489 e. The fourth-order valence-electron chi connectivity index (χ4n) is 3.27. The van der Waals surface area contributed by atoms with Crippen LogP contribution in [0.25, 0.3) is 0 Å². The Morgan fingerprint density at radius 1 is 1.14 bits per heavy atom. The molecule has 1 N–H and O–H groups in total. The van der Waals surface area contributed by atoms with E-state index in [-0.39, 0.29) is 22.8 Å². The molecule has 1 fully saturated rings. The van der Waals surface area contributed by atoms with E-state index in [2.05, 4.69) is 5.32 Å². The summed E-state index contributed by atoms with van der Waals surface area (Å²) in [6.45, 7) is 4.46. The number of hydrogen-bond acceptors (Lipinski definition) is 4. The fourth-order valence-corrected chi connectivity index (χ4v) is 4.99. The smallest absolute Gasteiger partial charge is 0.243 e. The number of ether oxygens (including phenoxy) is 1. The number of nitrogens with one attached hydrogen (secondary N) is 1. The number of halogens is 1. The Bertz CT molecular complexity index is 956. The highest BCUT2D eigenvalue weighted by atomic mass is 35.5. The summed E-state index contributed by atoms with van der Waals surface area (Å²) in [6.07, 6.45) is 0.950. The highest BCUT2D eigenvalue weighted by molar-refractivity contribution is 7.89. The zero-order chi connectivity index (χ0) is 21.0. The maximum absolute atomic E-state index is 12.7. The van der Waals surface area contributed by atoms with Crippen molar-refractivity contribution in [2.75, 3.05) is 18.4 Å². The first kappa shape index (κ1) is 21.6. The molecule has 156 valence electrons. The second kappa shape index (κ2) is 9.15. The first-order valence-electron chi connectivity index (χ1n) is 9.59. The Morgan fingerprint density at radius 3 is 2.38 bits per heavy atom. The first-order chi connectivity index (χ1) is 13.8. The van der Waals surface area contributed by atoms with Gasteiger partial charge >= 0.3 is 0 Å². The zero-order valence-corrected chi connectivity index (χ0v) is 18.0. The standard InChI is InChI=1S/C21H25ClN2O4S/c1-15(2)28-20-9-8-17(14-19(20)22)23-21(25)16-10-12-24(13-11-16)29(26,27)18-6-4-3-5-7-18/h3-9,14-16H,10-13H2,1-2H3,(H,23,25). The molecule has 8 heteroatoms. The van der Waals surface area contributed by atoms with Crippen molar-refractivity contribution in [3.05, 3.63) is 53.6 Å². The number of hydrogen-bond donors (Lipinski definition) is 1. The van der Waals surface area contributed by atoms with Crippen molar-refractivity contribution in [2.24, 2.45) is 5.92 Å². The molecule has 0 unspecified atom stereocenters. The number of anilines is 1. The molecule has 0 aliphatic carbocycles. The van der Waals surface area contributed by atoms with Crippen molar-refractivity contribution in [1.82, 2.24) is 4.31 Å². The Kier molecular flexibility index (Phi) is 6.82. The third-order valence-electron chi connectivity index (χ3n) is 4.77. The van der Waals surface area contributed by atoms with Gasteiger partial charge in [0.25, 0.3) is 0 Å². The number of nitrogens with zero attached hydrogens (tertiary/aromatic N) is 1. The molecule has 0 bridgehead atoms. The normalized spacial score (nSPS) is 16.0. The molecule has 0 saturated carbocycles. The van der Waals surface area contributed by atoms with Crippen LogP contribution < -0.4 is 10.1 Å². The number of carbonyl (C=O) groups is 1. The minimum atomic E-state index is -3.52. The molecule has 1 saturated heterocycles. The van der Waals surface area contributed by atoms with Gasteiger partial charge in [-0.2, -0.15) is 4.31 Å². The lowest BCUT2D eigenvalue weighted by atomic mass is 9.97. The van der Waals surface area contributed by atoms with Crippen molar-refractivity contribution in [3.63, 3.8) is 0 Å². The minimum absolute atomic E-state index is 0.00490. The van der Waals surface area contributed by atoms with Gasteiger partial charge in [0.2, 0.25) is 15.9 Å². The quantitative estimate of drug-likeness (QED) is 0.737. The Hall–Kier alpha value is -2.09. The summed E-state index contributed by atoms with van der Waals surface area (Å²) in [7, 11) is -3.52. The minimum Gasteiger partial charge on any atom is -0.489 e. The third-order valence-corrected chi connectivity index (χ3v) is 6.98.